The van der Waals surface area contributed by atoms with Gasteiger partial charge in [0.2, 0.25) is 0 Å². The van der Waals surface area contributed by atoms with Crippen molar-refractivity contribution in [3.05, 3.63) is 28.2 Å². The molecular weight excluding hydrogens is 268 g/mol. The van der Waals surface area contributed by atoms with Crippen LogP contribution in [0.4, 0.5) is 0 Å². The van der Waals surface area contributed by atoms with E-state index in [1.165, 1.54) is 12.8 Å². The van der Waals surface area contributed by atoms with Gasteiger partial charge in [-0.05, 0) is 42.5 Å². The van der Waals surface area contributed by atoms with Gasteiger partial charge in [-0.3, -0.25) is 0 Å². The van der Waals surface area contributed by atoms with Crippen molar-refractivity contribution in [2.45, 2.75) is 25.7 Å². The minimum absolute atomic E-state index is 0.153. The first kappa shape index (κ1) is 11.9. The third-order valence-corrected chi connectivity index (χ3v) is 3.38. The van der Waals surface area contributed by atoms with Crippen molar-refractivity contribution in [3.8, 4) is 5.75 Å². The molecule has 0 radical (unpaired) electrons. The lowest BCUT2D eigenvalue weighted by molar-refractivity contribution is 0.271. The second kappa shape index (κ2) is 5.19. The molecule has 1 atom stereocenters. The van der Waals surface area contributed by atoms with Crippen LogP contribution in [-0.2, 0) is 0 Å². The van der Waals surface area contributed by atoms with E-state index in [1.54, 1.807) is 0 Å². The van der Waals surface area contributed by atoms with Gasteiger partial charge in [0.05, 0.1) is 6.61 Å². The van der Waals surface area contributed by atoms with E-state index >= 15 is 0 Å². The van der Waals surface area contributed by atoms with Gasteiger partial charge < -0.3 is 9.84 Å². The molecule has 0 saturated heterocycles. The summed E-state index contributed by atoms with van der Waals surface area (Å²) in [6.07, 6.45) is 2.60. The fourth-order valence-corrected chi connectivity index (χ4v) is 2.05. The fourth-order valence-electron chi connectivity index (χ4n) is 1.56. The van der Waals surface area contributed by atoms with Gasteiger partial charge in [0.1, 0.15) is 5.75 Å². The summed E-state index contributed by atoms with van der Waals surface area (Å²) in [5.74, 6) is 1.81. The molecule has 1 aliphatic rings. The smallest absolute Gasteiger partial charge is 0.120 e. The molecule has 1 saturated carbocycles. The van der Waals surface area contributed by atoms with Gasteiger partial charge in [-0.2, -0.15) is 0 Å². The minimum Gasteiger partial charge on any atom is -0.493 e. The van der Waals surface area contributed by atoms with Crippen LogP contribution in [0.1, 0.15) is 31.2 Å². The summed E-state index contributed by atoms with van der Waals surface area (Å²) >= 11 is 3.47. The topological polar surface area (TPSA) is 29.5 Å². The average Bonchev–Trinajstić information content (AvgIpc) is 3.08. The van der Waals surface area contributed by atoms with Gasteiger partial charge in [-0.15, -0.1) is 0 Å². The molecule has 0 aromatic heterocycles. The molecule has 1 aromatic carbocycles. The van der Waals surface area contributed by atoms with Gasteiger partial charge >= 0.3 is 0 Å². The van der Waals surface area contributed by atoms with Crippen molar-refractivity contribution in [1.29, 1.82) is 0 Å². The maximum Gasteiger partial charge on any atom is 0.120 e. The second-order valence-corrected chi connectivity index (χ2v) is 5.47. The molecule has 1 fully saturated rings. The molecule has 0 bridgehead atoms. The van der Waals surface area contributed by atoms with Crippen LogP contribution in [0, 0.1) is 5.92 Å². The standard InChI is InChI=1S/C13H17BrO2/c1-9(7-15)11-4-12(14)6-13(5-11)16-8-10-2-3-10/h4-6,9-10,15H,2-3,7-8H2,1H3. The zero-order valence-electron chi connectivity index (χ0n) is 9.45. The summed E-state index contributed by atoms with van der Waals surface area (Å²) < 4.78 is 6.74. The Balaban J connectivity index is 2.07. The first-order valence-electron chi connectivity index (χ1n) is 5.73. The van der Waals surface area contributed by atoms with Gasteiger partial charge in [-0.25, -0.2) is 0 Å². The average molecular weight is 285 g/mol. The fraction of sp³-hybridized carbons (Fsp3) is 0.538. The molecular formula is C13H17BrO2. The van der Waals surface area contributed by atoms with Gasteiger partial charge in [0, 0.05) is 17.0 Å². The number of benzene rings is 1. The Morgan fingerprint density at radius 2 is 2.19 bits per heavy atom. The number of aliphatic hydroxyl groups is 1. The third-order valence-electron chi connectivity index (χ3n) is 2.92. The zero-order chi connectivity index (χ0) is 11.5. The molecule has 2 rings (SSSR count). The first-order chi connectivity index (χ1) is 7.69. The van der Waals surface area contributed by atoms with E-state index in [9.17, 15) is 0 Å². The molecule has 0 spiro atoms. The number of ether oxygens (including phenoxy) is 1. The van der Waals surface area contributed by atoms with Gasteiger partial charge in [-0.1, -0.05) is 22.9 Å². The van der Waals surface area contributed by atoms with Crippen LogP contribution in [0.2, 0.25) is 0 Å². The van der Waals surface area contributed by atoms with E-state index in [0.29, 0.717) is 0 Å². The lowest BCUT2D eigenvalue weighted by atomic mass is 10.0. The van der Waals surface area contributed by atoms with E-state index in [4.69, 9.17) is 9.84 Å². The number of hydrogen-bond acceptors (Lipinski definition) is 2. The molecule has 0 amide bonds. The number of aliphatic hydroxyl groups excluding tert-OH is 1. The first-order valence-corrected chi connectivity index (χ1v) is 6.52. The molecule has 1 unspecified atom stereocenters. The Hall–Kier alpha value is -0.540. The summed E-state index contributed by atoms with van der Waals surface area (Å²) in [7, 11) is 0. The van der Waals surface area contributed by atoms with Crippen LogP contribution in [0.3, 0.4) is 0 Å². The molecule has 0 aliphatic heterocycles. The van der Waals surface area contributed by atoms with Crippen LogP contribution in [0.25, 0.3) is 0 Å². The lowest BCUT2D eigenvalue weighted by Crippen LogP contribution is -2.02. The summed E-state index contributed by atoms with van der Waals surface area (Å²) in [4.78, 5) is 0. The zero-order valence-corrected chi connectivity index (χ0v) is 11.0. The van der Waals surface area contributed by atoms with Gasteiger partial charge in [0.25, 0.3) is 0 Å². The van der Waals surface area contributed by atoms with Crippen LogP contribution in [-0.4, -0.2) is 18.3 Å². The summed E-state index contributed by atoms with van der Waals surface area (Å²) in [5, 5.41) is 9.14. The second-order valence-electron chi connectivity index (χ2n) is 4.56. The maximum atomic E-state index is 9.14. The predicted molar refractivity (Wildman–Crippen MR) is 67.9 cm³/mol. The quantitative estimate of drug-likeness (QED) is 0.899. The highest BCUT2D eigenvalue weighted by molar-refractivity contribution is 9.10. The van der Waals surface area contributed by atoms with E-state index in [1.807, 2.05) is 25.1 Å². The Morgan fingerprint density at radius 3 is 2.81 bits per heavy atom. The molecule has 1 N–H and O–H groups in total. The van der Waals surface area contributed by atoms with Crippen molar-refractivity contribution in [2.24, 2.45) is 5.92 Å². The number of hydrogen-bond donors (Lipinski definition) is 1. The molecule has 16 heavy (non-hydrogen) atoms. The number of halogens is 1. The summed E-state index contributed by atoms with van der Waals surface area (Å²) in [6.45, 7) is 2.99. The van der Waals surface area contributed by atoms with Crippen molar-refractivity contribution >= 4 is 15.9 Å². The Labute approximate surface area is 105 Å². The highest BCUT2D eigenvalue weighted by atomic mass is 79.9. The van der Waals surface area contributed by atoms with Crippen LogP contribution < -0.4 is 4.74 Å². The van der Waals surface area contributed by atoms with E-state index in [2.05, 4.69) is 15.9 Å². The van der Waals surface area contributed by atoms with E-state index in [-0.39, 0.29) is 12.5 Å². The number of rotatable bonds is 5. The van der Waals surface area contributed by atoms with Gasteiger partial charge in [0.15, 0.2) is 0 Å². The maximum absolute atomic E-state index is 9.14. The molecule has 0 heterocycles. The normalized spacial score (nSPS) is 17.2. The molecule has 3 heteroatoms. The van der Waals surface area contributed by atoms with Crippen LogP contribution >= 0.6 is 15.9 Å². The highest BCUT2D eigenvalue weighted by Crippen LogP contribution is 2.31. The van der Waals surface area contributed by atoms with E-state index < -0.39 is 0 Å². The largest absolute Gasteiger partial charge is 0.493 e. The monoisotopic (exact) mass is 284 g/mol. The molecule has 1 aliphatic carbocycles. The summed E-state index contributed by atoms with van der Waals surface area (Å²) in [5.41, 5.74) is 1.11. The third kappa shape index (κ3) is 3.22. The van der Waals surface area contributed by atoms with Crippen molar-refractivity contribution in [3.63, 3.8) is 0 Å². The highest BCUT2D eigenvalue weighted by Gasteiger charge is 2.22. The van der Waals surface area contributed by atoms with E-state index in [0.717, 1.165) is 28.3 Å². The molecule has 88 valence electrons. The minimum atomic E-state index is 0.153. The predicted octanol–water partition coefficient (Wildman–Crippen LogP) is 3.33. The van der Waals surface area contributed by atoms with Crippen molar-refractivity contribution < 1.29 is 9.84 Å². The molecule has 1 aromatic rings. The Kier molecular flexibility index (Phi) is 3.87. The SMILES string of the molecule is CC(CO)c1cc(Br)cc(OCC2CC2)c1. The summed E-state index contributed by atoms with van der Waals surface area (Å²) in [6, 6.07) is 6.04. The molecule has 2 nitrogen and oxygen atoms in total. The lowest BCUT2D eigenvalue weighted by Gasteiger charge is -2.12. The van der Waals surface area contributed by atoms with Crippen molar-refractivity contribution in [1.82, 2.24) is 0 Å². The Morgan fingerprint density at radius 1 is 1.44 bits per heavy atom. The van der Waals surface area contributed by atoms with Crippen LogP contribution in [0.15, 0.2) is 22.7 Å². The van der Waals surface area contributed by atoms with Crippen molar-refractivity contribution in [2.75, 3.05) is 13.2 Å². The van der Waals surface area contributed by atoms with Crippen LogP contribution in [0.5, 0.6) is 5.75 Å². The Bertz CT molecular complexity index is 361.